The van der Waals surface area contributed by atoms with Gasteiger partial charge in [0.2, 0.25) is 0 Å². The Morgan fingerprint density at radius 1 is 1.08 bits per heavy atom. The maximum absolute atomic E-state index is 13.2. The van der Waals surface area contributed by atoms with Gasteiger partial charge in [-0.15, -0.1) is 0 Å². The molecule has 1 heterocycles. The lowest BCUT2D eigenvalue weighted by molar-refractivity contribution is -0.140. The number of phenols is 1. The van der Waals surface area contributed by atoms with Crippen LogP contribution in [0.4, 0.5) is 0 Å². The summed E-state index contributed by atoms with van der Waals surface area (Å²) in [5.41, 5.74) is 1.74. The number of aromatic hydroxyl groups is 1. The van der Waals surface area contributed by atoms with E-state index in [1.54, 1.807) is 44.4 Å². The highest BCUT2D eigenvalue weighted by atomic mass is 16.5. The van der Waals surface area contributed by atoms with Crippen molar-refractivity contribution >= 4 is 17.4 Å². The minimum atomic E-state index is -0.848. The number of likely N-dealkylation sites (tertiary alicyclic amines) is 1. The summed E-state index contributed by atoms with van der Waals surface area (Å²) in [6, 6.07) is 9.00. The Bertz CT molecular complexity index is 1140. The summed E-state index contributed by atoms with van der Waals surface area (Å²) in [5, 5.41) is 21.5. The van der Waals surface area contributed by atoms with Crippen LogP contribution in [0.15, 0.2) is 42.0 Å². The number of hydrogen-bond acceptors (Lipinski definition) is 7. The summed E-state index contributed by atoms with van der Waals surface area (Å²) in [6.07, 6.45) is 0.511. The van der Waals surface area contributed by atoms with Crippen molar-refractivity contribution in [3.8, 4) is 17.2 Å². The molecule has 0 spiro atoms. The lowest BCUT2D eigenvalue weighted by Gasteiger charge is -2.26. The van der Waals surface area contributed by atoms with E-state index in [0.717, 1.165) is 5.56 Å². The minimum absolute atomic E-state index is 0.0131. The average Bonchev–Trinajstić information content (AvgIpc) is 3.09. The fourth-order valence-corrected chi connectivity index (χ4v) is 4.18. The van der Waals surface area contributed by atoms with E-state index in [1.165, 1.54) is 11.0 Å². The van der Waals surface area contributed by atoms with Crippen molar-refractivity contribution in [2.24, 2.45) is 5.92 Å². The second-order valence-electron chi connectivity index (χ2n) is 9.18. The zero-order valence-electron chi connectivity index (χ0n) is 21.5. The van der Waals surface area contributed by atoms with Crippen molar-refractivity contribution in [3.05, 3.63) is 58.7 Å². The minimum Gasteiger partial charge on any atom is -0.507 e. The van der Waals surface area contributed by atoms with Gasteiger partial charge in [0.15, 0.2) is 11.5 Å². The Morgan fingerprint density at radius 3 is 2.47 bits per heavy atom. The molecule has 194 valence electrons. The number of rotatable bonds is 11. The van der Waals surface area contributed by atoms with Crippen molar-refractivity contribution in [2.45, 2.75) is 40.2 Å². The first kappa shape index (κ1) is 27.1. The van der Waals surface area contributed by atoms with Crippen molar-refractivity contribution in [2.75, 3.05) is 33.5 Å². The third-order valence-electron chi connectivity index (χ3n) is 5.91. The van der Waals surface area contributed by atoms with Crippen molar-refractivity contribution in [1.82, 2.24) is 4.90 Å². The predicted molar refractivity (Wildman–Crippen MR) is 136 cm³/mol. The summed E-state index contributed by atoms with van der Waals surface area (Å²) in [6.45, 7) is 9.32. The first-order chi connectivity index (χ1) is 17.2. The van der Waals surface area contributed by atoms with Gasteiger partial charge in [0.25, 0.3) is 11.7 Å². The zero-order chi connectivity index (χ0) is 26.4. The predicted octanol–water partition coefficient (Wildman–Crippen LogP) is 4.59. The first-order valence-corrected chi connectivity index (χ1v) is 12.2. The average molecular weight is 498 g/mol. The van der Waals surface area contributed by atoms with Crippen LogP contribution in [0.3, 0.4) is 0 Å². The molecule has 1 aliphatic heterocycles. The highest BCUT2D eigenvalue weighted by Crippen LogP contribution is 2.42. The molecule has 0 aliphatic carbocycles. The lowest BCUT2D eigenvalue weighted by atomic mass is 9.94. The SMILES string of the molecule is CCOc1cc(C2C(=C(O)c3ccc(OCC(C)C)c(C)c3)C(=O)C(=O)N2CCCOC)ccc1O. The van der Waals surface area contributed by atoms with Gasteiger partial charge >= 0.3 is 0 Å². The number of ketones is 1. The number of Topliss-reactive ketones (excluding diaryl/α,β-unsaturated/α-hetero) is 1. The molecule has 36 heavy (non-hydrogen) atoms. The lowest BCUT2D eigenvalue weighted by Crippen LogP contribution is -2.31. The zero-order valence-corrected chi connectivity index (χ0v) is 21.5. The Hall–Kier alpha value is -3.52. The molecule has 1 atom stereocenters. The molecule has 1 fully saturated rings. The Morgan fingerprint density at radius 2 is 1.83 bits per heavy atom. The van der Waals surface area contributed by atoms with E-state index in [-0.39, 0.29) is 29.4 Å². The number of carbonyl (C=O) groups is 2. The molecular weight excluding hydrogens is 462 g/mol. The van der Waals surface area contributed by atoms with Crippen molar-refractivity contribution in [1.29, 1.82) is 0 Å². The number of hydrogen-bond donors (Lipinski definition) is 2. The van der Waals surface area contributed by atoms with Gasteiger partial charge in [-0.25, -0.2) is 0 Å². The largest absolute Gasteiger partial charge is 0.507 e. The molecule has 0 aromatic heterocycles. The number of phenolic OH excluding ortho intramolecular Hbond substituents is 1. The summed E-state index contributed by atoms with van der Waals surface area (Å²) in [5.74, 6) is -0.493. The highest BCUT2D eigenvalue weighted by Gasteiger charge is 2.46. The smallest absolute Gasteiger partial charge is 0.295 e. The standard InChI is InChI=1S/C28H35NO7/c1-6-35-23-15-19(8-10-21(23)30)25-24(27(32)28(33)29(25)12-7-13-34-5)26(31)20-9-11-22(18(4)14-20)36-16-17(2)3/h8-11,14-15,17,25,30-31H,6-7,12-13,16H2,1-5H3. The molecule has 2 aromatic carbocycles. The fourth-order valence-electron chi connectivity index (χ4n) is 4.18. The van der Waals surface area contributed by atoms with E-state index in [0.29, 0.717) is 49.0 Å². The van der Waals surface area contributed by atoms with Crippen LogP contribution in [0, 0.1) is 12.8 Å². The van der Waals surface area contributed by atoms with E-state index >= 15 is 0 Å². The maximum atomic E-state index is 13.2. The molecule has 2 N–H and O–H groups in total. The molecule has 0 radical (unpaired) electrons. The van der Waals surface area contributed by atoms with E-state index < -0.39 is 17.7 Å². The number of aliphatic hydroxyl groups is 1. The number of carbonyl (C=O) groups excluding carboxylic acids is 2. The van der Waals surface area contributed by atoms with Crippen molar-refractivity contribution < 1.29 is 34.0 Å². The van der Waals surface area contributed by atoms with E-state index in [4.69, 9.17) is 14.2 Å². The molecule has 1 unspecified atom stereocenters. The van der Waals surface area contributed by atoms with Crippen LogP contribution in [-0.4, -0.2) is 60.3 Å². The van der Waals surface area contributed by atoms with Crippen LogP contribution in [0.5, 0.6) is 17.2 Å². The van der Waals surface area contributed by atoms with Crippen LogP contribution in [0.1, 0.15) is 49.9 Å². The number of nitrogens with zero attached hydrogens (tertiary/aromatic N) is 1. The Labute approximate surface area is 212 Å². The van der Waals surface area contributed by atoms with Crippen LogP contribution >= 0.6 is 0 Å². The van der Waals surface area contributed by atoms with Gasteiger partial charge in [0, 0.05) is 25.8 Å². The second kappa shape index (κ2) is 11.9. The number of methoxy groups -OCH3 is 1. The number of ether oxygens (including phenoxy) is 3. The van der Waals surface area contributed by atoms with E-state index in [2.05, 4.69) is 13.8 Å². The van der Waals surface area contributed by atoms with Crippen LogP contribution in [0.2, 0.25) is 0 Å². The summed E-state index contributed by atoms with van der Waals surface area (Å²) in [7, 11) is 1.57. The normalized spacial score (nSPS) is 17.2. The molecule has 1 saturated heterocycles. The third kappa shape index (κ3) is 5.82. The second-order valence-corrected chi connectivity index (χ2v) is 9.18. The van der Waals surface area contributed by atoms with E-state index in [9.17, 15) is 19.8 Å². The molecule has 8 heteroatoms. The molecule has 0 saturated carbocycles. The molecule has 1 aliphatic rings. The quantitative estimate of drug-likeness (QED) is 0.202. The van der Waals surface area contributed by atoms with Gasteiger partial charge < -0.3 is 29.3 Å². The van der Waals surface area contributed by atoms with Crippen LogP contribution < -0.4 is 9.47 Å². The first-order valence-electron chi connectivity index (χ1n) is 12.2. The van der Waals surface area contributed by atoms with Gasteiger partial charge in [-0.3, -0.25) is 9.59 Å². The van der Waals surface area contributed by atoms with Gasteiger partial charge in [0.05, 0.1) is 24.8 Å². The highest BCUT2D eigenvalue weighted by molar-refractivity contribution is 6.46. The molecule has 3 rings (SSSR count). The number of amides is 1. The van der Waals surface area contributed by atoms with Crippen LogP contribution in [0.25, 0.3) is 5.76 Å². The topological polar surface area (TPSA) is 106 Å². The van der Waals surface area contributed by atoms with Gasteiger partial charge in [-0.1, -0.05) is 19.9 Å². The van der Waals surface area contributed by atoms with E-state index in [1.807, 2.05) is 6.92 Å². The summed E-state index contributed by atoms with van der Waals surface area (Å²) < 4.78 is 16.5. The third-order valence-corrected chi connectivity index (χ3v) is 5.91. The Balaban J connectivity index is 2.10. The number of benzene rings is 2. The van der Waals surface area contributed by atoms with Gasteiger partial charge in [-0.05, 0) is 67.6 Å². The van der Waals surface area contributed by atoms with Crippen LogP contribution in [-0.2, 0) is 14.3 Å². The fraction of sp³-hybridized carbons (Fsp3) is 0.429. The summed E-state index contributed by atoms with van der Waals surface area (Å²) in [4.78, 5) is 27.7. The van der Waals surface area contributed by atoms with Gasteiger partial charge in [0.1, 0.15) is 11.5 Å². The Kier molecular flexibility index (Phi) is 8.98. The summed E-state index contributed by atoms with van der Waals surface area (Å²) >= 11 is 0. The van der Waals surface area contributed by atoms with Gasteiger partial charge in [-0.2, -0.15) is 0 Å². The maximum Gasteiger partial charge on any atom is 0.295 e. The molecular formula is C28H35NO7. The number of aryl methyl sites for hydroxylation is 1. The van der Waals surface area contributed by atoms with Crippen molar-refractivity contribution in [3.63, 3.8) is 0 Å². The molecule has 2 aromatic rings. The number of aliphatic hydroxyl groups excluding tert-OH is 1. The monoisotopic (exact) mass is 497 g/mol. The molecule has 1 amide bonds. The molecule has 8 nitrogen and oxygen atoms in total. The molecule has 0 bridgehead atoms.